The minimum Gasteiger partial charge on any atom is -0.523 e. The number of hydrogen-bond donors (Lipinski definition) is 0. The fourth-order valence-electron chi connectivity index (χ4n) is 1.60. The number of hydrogen-bond acceptors (Lipinski definition) is 2. The second-order valence-electron chi connectivity index (χ2n) is 4.35. The van der Waals surface area contributed by atoms with Gasteiger partial charge in [0.25, 0.3) is 0 Å². The molecule has 2 nitrogen and oxygen atoms in total. The summed E-state index contributed by atoms with van der Waals surface area (Å²) < 4.78 is 37.7. The van der Waals surface area contributed by atoms with Crippen LogP contribution < -0.4 is 9.31 Å². The molecule has 0 unspecified atom stereocenters. The van der Waals surface area contributed by atoms with E-state index in [0.717, 1.165) is 7.69 Å². The molecule has 0 spiro atoms. The summed E-state index contributed by atoms with van der Waals surface area (Å²) in [4.78, 5) is 0. The summed E-state index contributed by atoms with van der Waals surface area (Å²) in [6.45, 7) is 3.13. The lowest BCUT2D eigenvalue weighted by Crippen LogP contribution is -2.14. The molecule has 2 rings (SSSR count). The van der Waals surface area contributed by atoms with Crippen LogP contribution in [0.15, 0.2) is 24.3 Å². The molecule has 0 amide bonds. The van der Waals surface area contributed by atoms with Crippen molar-refractivity contribution in [2.45, 2.75) is 13.8 Å². The summed E-state index contributed by atoms with van der Waals surface area (Å²) >= 11 is 11.7. The first-order valence-electron chi connectivity index (χ1n) is 5.96. The van der Waals surface area contributed by atoms with Crippen LogP contribution in [0.25, 0.3) is 0 Å². The van der Waals surface area contributed by atoms with E-state index in [1.165, 1.54) is 24.3 Å². The van der Waals surface area contributed by atoms with Gasteiger partial charge in [-0.25, -0.2) is 8.78 Å². The van der Waals surface area contributed by atoms with E-state index in [2.05, 4.69) is 0 Å². The highest BCUT2D eigenvalue weighted by atomic mass is 35.5. The summed E-state index contributed by atoms with van der Waals surface area (Å²) in [7, 11) is 0.785. The zero-order valence-electron chi connectivity index (χ0n) is 11.2. The molecular weight excluding hydrogens is 320 g/mol. The predicted octanol–water partition coefficient (Wildman–Crippen LogP) is 4.88. The molecule has 2 aromatic carbocycles. The van der Waals surface area contributed by atoms with Gasteiger partial charge < -0.3 is 9.31 Å². The Kier molecular flexibility index (Phi) is 4.96. The molecule has 0 saturated carbocycles. The van der Waals surface area contributed by atoms with Crippen LogP contribution in [-0.2, 0) is 0 Å². The zero-order valence-corrected chi connectivity index (χ0v) is 12.7. The van der Waals surface area contributed by atoms with Crippen LogP contribution in [0, 0.1) is 25.5 Å². The van der Waals surface area contributed by atoms with Gasteiger partial charge in [-0.2, -0.15) is 0 Å². The number of halogens is 4. The molecule has 0 aliphatic heterocycles. The molecular formula is C14H10BCl2F2O2. The molecule has 0 atom stereocenters. The van der Waals surface area contributed by atoms with Crippen LogP contribution in [0.1, 0.15) is 11.1 Å². The first kappa shape index (κ1) is 15.9. The second-order valence-corrected chi connectivity index (χ2v) is 5.16. The highest BCUT2D eigenvalue weighted by molar-refractivity contribution is 6.34. The first-order chi connectivity index (χ1) is 9.91. The Morgan fingerprint density at radius 2 is 1.19 bits per heavy atom. The second kappa shape index (κ2) is 6.54. The van der Waals surface area contributed by atoms with Crippen molar-refractivity contribution in [3.8, 4) is 11.5 Å². The van der Waals surface area contributed by atoms with Crippen molar-refractivity contribution < 1.29 is 18.1 Å². The highest BCUT2D eigenvalue weighted by Crippen LogP contribution is 2.31. The summed E-state index contributed by atoms with van der Waals surface area (Å²) in [6.07, 6.45) is 0. The van der Waals surface area contributed by atoms with Crippen LogP contribution in [0.2, 0.25) is 10.0 Å². The van der Waals surface area contributed by atoms with Gasteiger partial charge in [-0.3, -0.25) is 0 Å². The quantitative estimate of drug-likeness (QED) is 0.744. The smallest absolute Gasteiger partial charge is 0.523 e. The lowest BCUT2D eigenvalue weighted by atomic mass is 10.2. The lowest BCUT2D eigenvalue weighted by molar-refractivity contribution is 0.419. The summed E-state index contributed by atoms with van der Waals surface area (Å²) in [5.74, 6) is -1.61. The molecule has 0 fully saturated rings. The minimum atomic E-state index is -0.613. The van der Waals surface area contributed by atoms with E-state index in [0.29, 0.717) is 11.1 Å². The average Bonchev–Trinajstić information content (AvgIpc) is 2.46. The molecule has 0 heterocycles. The van der Waals surface area contributed by atoms with Gasteiger partial charge in [0.05, 0.1) is 10.0 Å². The average molecular weight is 330 g/mol. The van der Waals surface area contributed by atoms with Gasteiger partial charge in [0.2, 0.25) is 0 Å². The Balaban J connectivity index is 2.13. The van der Waals surface area contributed by atoms with E-state index in [1.54, 1.807) is 13.8 Å². The maximum atomic E-state index is 13.8. The van der Waals surface area contributed by atoms with Gasteiger partial charge >= 0.3 is 7.69 Å². The van der Waals surface area contributed by atoms with Gasteiger partial charge in [-0.1, -0.05) is 35.3 Å². The Labute approximate surface area is 131 Å². The van der Waals surface area contributed by atoms with Crippen molar-refractivity contribution in [3.05, 3.63) is 57.1 Å². The van der Waals surface area contributed by atoms with Crippen LogP contribution >= 0.6 is 23.2 Å². The van der Waals surface area contributed by atoms with E-state index >= 15 is 0 Å². The van der Waals surface area contributed by atoms with Crippen LogP contribution in [0.3, 0.4) is 0 Å². The predicted molar refractivity (Wildman–Crippen MR) is 79.3 cm³/mol. The molecule has 2 aromatic rings. The molecule has 0 aliphatic rings. The monoisotopic (exact) mass is 329 g/mol. The molecule has 0 bridgehead atoms. The van der Waals surface area contributed by atoms with E-state index in [1.807, 2.05) is 0 Å². The number of rotatable bonds is 4. The molecule has 1 radical (unpaired) electrons. The lowest BCUT2D eigenvalue weighted by Gasteiger charge is -2.12. The molecule has 0 aliphatic carbocycles. The van der Waals surface area contributed by atoms with Gasteiger partial charge in [0.15, 0.2) is 23.1 Å². The van der Waals surface area contributed by atoms with Gasteiger partial charge in [0, 0.05) is 0 Å². The summed E-state index contributed by atoms with van der Waals surface area (Å²) in [5, 5.41) is 0.155. The third kappa shape index (κ3) is 3.42. The van der Waals surface area contributed by atoms with Crippen molar-refractivity contribution in [3.63, 3.8) is 0 Å². The maximum absolute atomic E-state index is 13.8. The molecule has 0 N–H and O–H groups in total. The van der Waals surface area contributed by atoms with E-state index in [-0.39, 0.29) is 21.5 Å². The summed E-state index contributed by atoms with van der Waals surface area (Å²) in [5.41, 5.74) is 0.727. The molecule has 21 heavy (non-hydrogen) atoms. The largest absolute Gasteiger partial charge is 0.658 e. The number of benzene rings is 2. The molecule has 0 aromatic heterocycles. The normalized spacial score (nSPS) is 10.4. The summed E-state index contributed by atoms with van der Waals surface area (Å²) in [6, 6.07) is 6.01. The highest BCUT2D eigenvalue weighted by Gasteiger charge is 2.16. The topological polar surface area (TPSA) is 18.5 Å². The van der Waals surface area contributed by atoms with E-state index < -0.39 is 11.6 Å². The van der Waals surface area contributed by atoms with Crippen molar-refractivity contribution in [2.75, 3.05) is 0 Å². The van der Waals surface area contributed by atoms with Crippen LogP contribution in [-0.4, -0.2) is 7.69 Å². The van der Waals surface area contributed by atoms with Crippen LogP contribution in [0.5, 0.6) is 11.5 Å². The van der Waals surface area contributed by atoms with Crippen molar-refractivity contribution in [2.24, 2.45) is 0 Å². The first-order valence-corrected chi connectivity index (χ1v) is 6.71. The van der Waals surface area contributed by atoms with E-state index in [9.17, 15) is 8.78 Å². The fourth-order valence-corrected chi connectivity index (χ4v) is 1.98. The van der Waals surface area contributed by atoms with E-state index in [4.69, 9.17) is 32.5 Å². The molecule has 7 heteroatoms. The number of aryl methyl sites for hydroxylation is 2. The van der Waals surface area contributed by atoms with Gasteiger partial charge in [-0.05, 0) is 37.1 Å². The van der Waals surface area contributed by atoms with Gasteiger partial charge in [-0.15, -0.1) is 0 Å². The SMILES string of the molecule is Cc1ccc(Cl)c(O[B]Oc2c(Cl)ccc(C)c2F)c1F. The maximum Gasteiger partial charge on any atom is 0.658 e. The van der Waals surface area contributed by atoms with Crippen molar-refractivity contribution >= 4 is 30.9 Å². The zero-order chi connectivity index (χ0) is 15.6. The Bertz CT molecular complexity index is 623. The van der Waals surface area contributed by atoms with Crippen molar-refractivity contribution in [1.82, 2.24) is 0 Å². The Hall–Kier alpha value is -1.46. The van der Waals surface area contributed by atoms with Crippen LogP contribution in [0.4, 0.5) is 8.78 Å². The Morgan fingerprint density at radius 1 is 0.810 bits per heavy atom. The standard InChI is InChI=1S/C14H10BCl2F2O2/c1-7-3-5-9(16)13(11(7)18)20-15-21-14-10(17)6-4-8(2)12(14)19/h3-6H,1-2H3. The molecule has 109 valence electrons. The van der Waals surface area contributed by atoms with Gasteiger partial charge in [0.1, 0.15) is 0 Å². The third-order valence-electron chi connectivity index (χ3n) is 2.82. The minimum absolute atomic E-state index is 0.0776. The fraction of sp³-hybridized carbons (Fsp3) is 0.143. The van der Waals surface area contributed by atoms with Crippen molar-refractivity contribution in [1.29, 1.82) is 0 Å². The third-order valence-corrected chi connectivity index (χ3v) is 3.41. The molecule has 0 saturated heterocycles. The Morgan fingerprint density at radius 3 is 1.57 bits per heavy atom.